The maximum Gasteiger partial charge on any atom is 0.0950 e. The lowest BCUT2D eigenvalue weighted by molar-refractivity contribution is 1.42. The van der Waals surface area contributed by atoms with Crippen molar-refractivity contribution < 1.29 is 0 Å². The molecule has 3 nitrogen and oxygen atoms in total. The van der Waals surface area contributed by atoms with E-state index in [0.717, 1.165) is 16.7 Å². The van der Waals surface area contributed by atoms with Crippen molar-refractivity contribution in [3.8, 4) is 18.2 Å². The Kier molecular flexibility index (Phi) is 2.75. The minimum Gasteiger partial charge on any atom is -0.193 e. The van der Waals surface area contributed by atoms with Gasteiger partial charge in [0.05, 0.1) is 18.2 Å². The SMILES string of the molecule is CC(C#N)=C1C(=C(C)C#N)C1=C(C)C#N. The van der Waals surface area contributed by atoms with Gasteiger partial charge in [-0.1, -0.05) is 0 Å². The van der Waals surface area contributed by atoms with Crippen molar-refractivity contribution >= 4 is 0 Å². The Balaban J connectivity index is 3.49. The summed E-state index contributed by atoms with van der Waals surface area (Å²) in [7, 11) is 0. The molecule has 0 aliphatic heterocycles. The molecule has 0 N–H and O–H groups in total. The van der Waals surface area contributed by atoms with E-state index < -0.39 is 0 Å². The van der Waals surface area contributed by atoms with E-state index in [9.17, 15) is 0 Å². The van der Waals surface area contributed by atoms with Gasteiger partial charge in [0.15, 0.2) is 0 Å². The first-order valence-electron chi connectivity index (χ1n) is 4.42. The van der Waals surface area contributed by atoms with Crippen molar-refractivity contribution in [2.75, 3.05) is 0 Å². The highest BCUT2D eigenvalue weighted by Gasteiger charge is 2.36. The minimum atomic E-state index is 0.559. The highest BCUT2D eigenvalue weighted by Crippen LogP contribution is 2.50. The zero-order valence-electron chi connectivity index (χ0n) is 8.84. The summed E-state index contributed by atoms with van der Waals surface area (Å²) in [4.78, 5) is 0. The normalized spacial score (nSPS) is 12.4. The van der Waals surface area contributed by atoms with Gasteiger partial charge in [0.1, 0.15) is 0 Å². The van der Waals surface area contributed by atoms with Crippen molar-refractivity contribution in [2.45, 2.75) is 20.8 Å². The first-order chi connectivity index (χ1) is 7.08. The summed E-state index contributed by atoms with van der Waals surface area (Å²) in [6.45, 7) is 5.08. The highest BCUT2D eigenvalue weighted by molar-refractivity contribution is 5.85. The first-order valence-corrected chi connectivity index (χ1v) is 4.42. The molecule has 0 unspecified atom stereocenters. The van der Waals surface area contributed by atoms with Crippen LogP contribution in [0.15, 0.2) is 33.4 Å². The Labute approximate surface area is 88.9 Å². The van der Waals surface area contributed by atoms with Crippen molar-refractivity contribution in [3.63, 3.8) is 0 Å². The second-order valence-electron chi connectivity index (χ2n) is 3.34. The fourth-order valence-electron chi connectivity index (χ4n) is 1.48. The van der Waals surface area contributed by atoms with Crippen LogP contribution in [0.25, 0.3) is 0 Å². The summed E-state index contributed by atoms with van der Waals surface area (Å²) in [5.41, 5.74) is 4.00. The van der Waals surface area contributed by atoms with Crippen molar-refractivity contribution in [1.29, 1.82) is 15.8 Å². The van der Waals surface area contributed by atoms with Gasteiger partial charge in [-0.2, -0.15) is 15.8 Å². The molecule has 0 aromatic heterocycles. The quantitative estimate of drug-likeness (QED) is 0.557. The third kappa shape index (κ3) is 1.66. The largest absolute Gasteiger partial charge is 0.193 e. The molecular weight excluding hydrogens is 186 g/mol. The molecule has 15 heavy (non-hydrogen) atoms. The zero-order chi connectivity index (χ0) is 11.6. The van der Waals surface area contributed by atoms with Crippen LogP contribution in [-0.4, -0.2) is 0 Å². The average Bonchev–Trinajstić information content (AvgIpc) is 3.00. The van der Waals surface area contributed by atoms with Gasteiger partial charge in [-0.15, -0.1) is 0 Å². The Hall–Kier alpha value is -2.31. The maximum atomic E-state index is 8.77. The number of allylic oxidation sites excluding steroid dienone is 6. The number of nitrogens with zero attached hydrogens (tertiary/aromatic N) is 3. The van der Waals surface area contributed by atoms with Gasteiger partial charge in [0.25, 0.3) is 0 Å². The molecule has 3 heteroatoms. The van der Waals surface area contributed by atoms with Crippen LogP contribution < -0.4 is 0 Å². The highest BCUT2D eigenvalue weighted by atomic mass is 14.4. The van der Waals surface area contributed by atoms with Crippen LogP contribution in [0.4, 0.5) is 0 Å². The van der Waals surface area contributed by atoms with Crippen molar-refractivity contribution in [1.82, 2.24) is 0 Å². The molecule has 0 atom stereocenters. The summed E-state index contributed by atoms with van der Waals surface area (Å²) < 4.78 is 0. The van der Waals surface area contributed by atoms with Gasteiger partial charge in [-0.25, -0.2) is 0 Å². The van der Waals surface area contributed by atoms with Crippen LogP contribution in [0, 0.1) is 34.0 Å². The molecule has 0 bridgehead atoms. The number of hydrogen-bond acceptors (Lipinski definition) is 3. The lowest BCUT2D eigenvalue weighted by Gasteiger charge is -1.78. The molecular formula is C12H9N3. The van der Waals surface area contributed by atoms with E-state index in [1.54, 1.807) is 20.8 Å². The van der Waals surface area contributed by atoms with Gasteiger partial charge in [0, 0.05) is 33.4 Å². The van der Waals surface area contributed by atoms with Gasteiger partial charge >= 0.3 is 0 Å². The van der Waals surface area contributed by atoms with Crippen LogP contribution in [0.5, 0.6) is 0 Å². The Bertz CT molecular complexity index is 444. The van der Waals surface area contributed by atoms with E-state index in [4.69, 9.17) is 15.8 Å². The van der Waals surface area contributed by atoms with E-state index >= 15 is 0 Å². The Morgan fingerprint density at radius 3 is 1.00 bits per heavy atom. The topological polar surface area (TPSA) is 71.4 Å². The predicted molar refractivity (Wildman–Crippen MR) is 54.9 cm³/mol. The lowest BCUT2D eigenvalue weighted by Crippen LogP contribution is -1.67. The number of nitriles is 3. The Morgan fingerprint density at radius 1 is 0.667 bits per heavy atom. The maximum absolute atomic E-state index is 8.77. The molecule has 72 valence electrons. The molecule has 0 saturated heterocycles. The summed E-state index contributed by atoms with van der Waals surface area (Å²) >= 11 is 0. The molecule has 0 aromatic rings. The smallest absolute Gasteiger partial charge is 0.0950 e. The molecule has 0 amide bonds. The lowest BCUT2D eigenvalue weighted by atomic mass is 10.2. The fraction of sp³-hybridized carbons (Fsp3) is 0.250. The third-order valence-electron chi connectivity index (χ3n) is 2.32. The minimum absolute atomic E-state index is 0.559. The van der Waals surface area contributed by atoms with Gasteiger partial charge in [-0.3, -0.25) is 0 Å². The standard InChI is InChI=1S/C12H9N3/c1-7(4-13)10-11(8(2)5-14)12(10)9(3)6-15/h1-3H3. The monoisotopic (exact) mass is 195 g/mol. The summed E-state index contributed by atoms with van der Waals surface area (Å²) in [5.74, 6) is 0. The third-order valence-corrected chi connectivity index (χ3v) is 2.32. The second kappa shape index (κ2) is 3.82. The van der Waals surface area contributed by atoms with E-state index in [-0.39, 0.29) is 0 Å². The van der Waals surface area contributed by atoms with Crippen molar-refractivity contribution in [3.05, 3.63) is 33.4 Å². The average molecular weight is 195 g/mol. The summed E-state index contributed by atoms with van der Waals surface area (Å²) in [6.07, 6.45) is 0. The predicted octanol–water partition coefficient (Wildman–Crippen LogP) is 2.52. The van der Waals surface area contributed by atoms with Gasteiger partial charge in [-0.05, 0) is 20.8 Å². The van der Waals surface area contributed by atoms with Crippen LogP contribution in [0.3, 0.4) is 0 Å². The van der Waals surface area contributed by atoms with Gasteiger partial charge in [0.2, 0.25) is 0 Å². The summed E-state index contributed by atoms with van der Waals surface area (Å²) in [6, 6.07) is 6.11. The molecule has 1 aliphatic rings. The molecule has 1 rings (SSSR count). The molecule has 0 spiro atoms. The molecule has 0 radical (unpaired) electrons. The van der Waals surface area contributed by atoms with E-state index in [1.165, 1.54) is 0 Å². The molecule has 1 saturated carbocycles. The van der Waals surface area contributed by atoms with Gasteiger partial charge < -0.3 is 0 Å². The van der Waals surface area contributed by atoms with Crippen LogP contribution in [-0.2, 0) is 0 Å². The van der Waals surface area contributed by atoms with Crippen LogP contribution >= 0.6 is 0 Å². The Morgan fingerprint density at radius 2 is 0.867 bits per heavy atom. The van der Waals surface area contributed by atoms with E-state index in [0.29, 0.717) is 16.7 Å². The molecule has 1 fully saturated rings. The summed E-state index contributed by atoms with van der Waals surface area (Å²) in [5, 5.41) is 26.3. The first kappa shape index (κ1) is 10.8. The van der Waals surface area contributed by atoms with Crippen LogP contribution in [0.1, 0.15) is 20.8 Å². The molecule has 1 aliphatic carbocycles. The number of hydrogen-bond donors (Lipinski definition) is 0. The zero-order valence-corrected chi connectivity index (χ0v) is 8.84. The van der Waals surface area contributed by atoms with Crippen molar-refractivity contribution in [2.24, 2.45) is 0 Å². The molecule has 0 aromatic carbocycles. The van der Waals surface area contributed by atoms with E-state index in [2.05, 4.69) is 0 Å². The molecule has 0 heterocycles. The fourth-order valence-corrected chi connectivity index (χ4v) is 1.48. The number of rotatable bonds is 0. The van der Waals surface area contributed by atoms with E-state index in [1.807, 2.05) is 18.2 Å². The second-order valence-corrected chi connectivity index (χ2v) is 3.34. The van der Waals surface area contributed by atoms with Crippen LogP contribution in [0.2, 0.25) is 0 Å².